The molecular formula is C26H26N4O. The summed E-state index contributed by atoms with van der Waals surface area (Å²) in [6.07, 6.45) is 0. The second-order valence-electron chi connectivity index (χ2n) is 8.11. The van der Waals surface area contributed by atoms with E-state index in [1.807, 2.05) is 58.1 Å². The summed E-state index contributed by atoms with van der Waals surface area (Å²) in [5.41, 5.74) is 5.17. The van der Waals surface area contributed by atoms with Crippen molar-refractivity contribution in [1.29, 1.82) is 0 Å². The highest BCUT2D eigenvalue weighted by molar-refractivity contribution is 5.98. The average molecular weight is 411 g/mol. The Morgan fingerprint density at radius 1 is 0.806 bits per heavy atom. The molecule has 1 aliphatic heterocycles. The van der Waals surface area contributed by atoms with Crippen LogP contribution in [0.2, 0.25) is 0 Å². The molecule has 5 rings (SSSR count). The van der Waals surface area contributed by atoms with Gasteiger partial charge < -0.3 is 9.80 Å². The number of fused-ring (bicyclic) bond motifs is 1. The van der Waals surface area contributed by atoms with E-state index in [1.54, 1.807) is 0 Å². The maximum atomic E-state index is 13.1. The van der Waals surface area contributed by atoms with Crippen LogP contribution < -0.4 is 4.90 Å². The van der Waals surface area contributed by atoms with E-state index in [0.29, 0.717) is 13.1 Å². The number of nitrogens with zero attached hydrogens (tertiary/aromatic N) is 4. The van der Waals surface area contributed by atoms with Gasteiger partial charge in [0.2, 0.25) is 0 Å². The summed E-state index contributed by atoms with van der Waals surface area (Å²) in [6.45, 7) is 7.22. The molecule has 5 nitrogen and oxygen atoms in total. The van der Waals surface area contributed by atoms with E-state index in [0.717, 1.165) is 46.5 Å². The first-order chi connectivity index (χ1) is 15.1. The van der Waals surface area contributed by atoms with Crippen LogP contribution in [-0.4, -0.2) is 46.8 Å². The molecule has 0 unspecified atom stereocenters. The number of piperazine rings is 1. The zero-order chi connectivity index (χ0) is 21.4. The summed E-state index contributed by atoms with van der Waals surface area (Å²) in [4.78, 5) is 17.4. The largest absolute Gasteiger partial charge is 0.365 e. The van der Waals surface area contributed by atoms with Gasteiger partial charge in [-0.15, -0.1) is 0 Å². The van der Waals surface area contributed by atoms with Gasteiger partial charge in [-0.2, -0.15) is 5.10 Å². The molecule has 31 heavy (non-hydrogen) atoms. The van der Waals surface area contributed by atoms with Gasteiger partial charge in [0.15, 0.2) is 0 Å². The fraction of sp³-hybridized carbons (Fsp3) is 0.231. The number of carbonyl (C=O) groups excluding carboxylic acids is 1. The maximum absolute atomic E-state index is 13.1. The summed E-state index contributed by atoms with van der Waals surface area (Å²) in [5, 5.41) is 7.04. The second-order valence-corrected chi connectivity index (χ2v) is 8.11. The molecule has 0 spiro atoms. The molecule has 5 heteroatoms. The zero-order valence-corrected chi connectivity index (χ0v) is 18.0. The number of hydrogen-bond acceptors (Lipinski definition) is 3. The van der Waals surface area contributed by atoms with E-state index in [1.165, 1.54) is 5.69 Å². The zero-order valence-electron chi connectivity index (χ0n) is 18.0. The van der Waals surface area contributed by atoms with E-state index in [2.05, 4.69) is 43.0 Å². The highest BCUT2D eigenvalue weighted by Crippen LogP contribution is 2.28. The highest BCUT2D eigenvalue weighted by Gasteiger charge is 2.26. The number of amides is 1. The molecule has 3 aromatic carbocycles. The topological polar surface area (TPSA) is 41.4 Å². The Labute approximate surface area is 182 Å². The van der Waals surface area contributed by atoms with Gasteiger partial charge in [0, 0.05) is 31.7 Å². The molecule has 2 heterocycles. The number of hydrogen-bond donors (Lipinski definition) is 0. The molecule has 1 aromatic heterocycles. The van der Waals surface area contributed by atoms with Crippen molar-refractivity contribution < 1.29 is 4.79 Å². The quantitative estimate of drug-likeness (QED) is 0.495. The molecule has 4 aromatic rings. The van der Waals surface area contributed by atoms with Gasteiger partial charge in [-0.25, -0.2) is 4.68 Å². The molecule has 0 aliphatic carbocycles. The minimum absolute atomic E-state index is 0.110. The van der Waals surface area contributed by atoms with E-state index in [9.17, 15) is 4.79 Å². The van der Waals surface area contributed by atoms with Crippen LogP contribution in [0.15, 0.2) is 72.8 Å². The highest BCUT2D eigenvalue weighted by atomic mass is 16.2. The van der Waals surface area contributed by atoms with Gasteiger partial charge in [0.25, 0.3) is 5.91 Å². The first kappa shape index (κ1) is 19.4. The summed E-state index contributed by atoms with van der Waals surface area (Å²) >= 11 is 0. The molecular weight excluding hydrogens is 384 g/mol. The molecule has 156 valence electrons. The smallest absolute Gasteiger partial charge is 0.253 e. The van der Waals surface area contributed by atoms with E-state index < -0.39 is 0 Å². The van der Waals surface area contributed by atoms with Gasteiger partial charge in [-0.05, 0) is 48.9 Å². The Morgan fingerprint density at radius 2 is 1.48 bits per heavy atom. The van der Waals surface area contributed by atoms with Gasteiger partial charge in [-0.1, -0.05) is 48.5 Å². The van der Waals surface area contributed by atoms with Crippen molar-refractivity contribution in [2.45, 2.75) is 13.8 Å². The van der Waals surface area contributed by atoms with Crippen molar-refractivity contribution in [3.8, 4) is 5.69 Å². The first-order valence-corrected chi connectivity index (χ1v) is 10.8. The number of anilines is 1. The van der Waals surface area contributed by atoms with Crippen LogP contribution in [0.25, 0.3) is 16.5 Å². The standard InChI is InChI=1S/C26H26N4O/c1-19-25(20(2)30(27-19)24-10-4-3-5-11-24)28-14-16-29(17-15-28)26(31)23-13-12-21-8-6-7-9-22(21)18-23/h3-13,18H,14-17H2,1-2H3. The molecule has 0 saturated carbocycles. The summed E-state index contributed by atoms with van der Waals surface area (Å²) in [6, 6.07) is 24.4. The fourth-order valence-corrected chi connectivity index (χ4v) is 4.55. The lowest BCUT2D eigenvalue weighted by atomic mass is 10.1. The van der Waals surface area contributed by atoms with Crippen molar-refractivity contribution in [3.63, 3.8) is 0 Å². The Kier molecular flexibility index (Phi) is 4.94. The average Bonchev–Trinajstić information content (AvgIpc) is 3.12. The van der Waals surface area contributed by atoms with Crippen LogP contribution in [0.1, 0.15) is 21.7 Å². The molecule has 0 bridgehead atoms. The monoisotopic (exact) mass is 410 g/mol. The van der Waals surface area contributed by atoms with E-state index in [-0.39, 0.29) is 5.91 Å². The summed E-state index contributed by atoms with van der Waals surface area (Å²) in [7, 11) is 0. The van der Waals surface area contributed by atoms with Crippen LogP contribution in [0.5, 0.6) is 0 Å². The molecule has 1 saturated heterocycles. The second kappa shape index (κ2) is 7.91. The third-order valence-corrected chi connectivity index (χ3v) is 6.13. The van der Waals surface area contributed by atoms with Crippen LogP contribution in [0, 0.1) is 13.8 Å². The molecule has 1 amide bonds. The third-order valence-electron chi connectivity index (χ3n) is 6.13. The molecule has 0 atom stereocenters. The summed E-state index contributed by atoms with van der Waals surface area (Å²) in [5.74, 6) is 0.110. The number of para-hydroxylation sites is 1. The lowest BCUT2D eigenvalue weighted by Gasteiger charge is -2.36. The minimum Gasteiger partial charge on any atom is -0.365 e. The third kappa shape index (κ3) is 3.56. The van der Waals surface area contributed by atoms with Crippen molar-refractivity contribution in [3.05, 3.63) is 89.7 Å². The number of rotatable bonds is 3. The Hall–Kier alpha value is -3.60. The summed E-state index contributed by atoms with van der Waals surface area (Å²) < 4.78 is 2.01. The Balaban J connectivity index is 1.32. The molecule has 1 fully saturated rings. The lowest BCUT2D eigenvalue weighted by Crippen LogP contribution is -2.49. The normalized spacial score (nSPS) is 14.3. The van der Waals surface area contributed by atoms with Gasteiger partial charge in [0.1, 0.15) is 0 Å². The van der Waals surface area contributed by atoms with Gasteiger partial charge in [0.05, 0.1) is 22.8 Å². The fourth-order valence-electron chi connectivity index (χ4n) is 4.55. The Bertz CT molecular complexity index is 1240. The van der Waals surface area contributed by atoms with Crippen LogP contribution in [0.3, 0.4) is 0 Å². The lowest BCUT2D eigenvalue weighted by molar-refractivity contribution is 0.0747. The molecule has 0 radical (unpaired) electrons. The Morgan fingerprint density at radius 3 is 2.23 bits per heavy atom. The number of benzene rings is 3. The van der Waals surface area contributed by atoms with Crippen molar-refractivity contribution >= 4 is 22.4 Å². The van der Waals surface area contributed by atoms with Crippen LogP contribution in [0.4, 0.5) is 5.69 Å². The molecule has 0 N–H and O–H groups in total. The maximum Gasteiger partial charge on any atom is 0.253 e. The predicted octanol–water partition coefficient (Wildman–Crippen LogP) is 4.60. The number of aryl methyl sites for hydroxylation is 1. The number of aromatic nitrogens is 2. The molecule has 1 aliphatic rings. The van der Waals surface area contributed by atoms with Crippen molar-refractivity contribution in [2.75, 3.05) is 31.1 Å². The van der Waals surface area contributed by atoms with Crippen LogP contribution >= 0.6 is 0 Å². The van der Waals surface area contributed by atoms with E-state index in [4.69, 9.17) is 5.10 Å². The van der Waals surface area contributed by atoms with Crippen LogP contribution in [-0.2, 0) is 0 Å². The van der Waals surface area contributed by atoms with Gasteiger partial charge in [-0.3, -0.25) is 4.79 Å². The van der Waals surface area contributed by atoms with Crippen molar-refractivity contribution in [1.82, 2.24) is 14.7 Å². The number of carbonyl (C=O) groups is 1. The van der Waals surface area contributed by atoms with Crippen molar-refractivity contribution in [2.24, 2.45) is 0 Å². The minimum atomic E-state index is 0.110. The van der Waals surface area contributed by atoms with E-state index >= 15 is 0 Å². The van der Waals surface area contributed by atoms with Gasteiger partial charge >= 0.3 is 0 Å². The first-order valence-electron chi connectivity index (χ1n) is 10.8. The SMILES string of the molecule is Cc1nn(-c2ccccc2)c(C)c1N1CCN(C(=O)c2ccc3ccccc3c2)CC1. The predicted molar refractivity (Wildman–Crippen MR) is 125 cm³/mol.